The van der Waals surface area contributed by atoms with Crippen molar-refractivity contribution in [3.63, 3.8) is 0 Å². The molecule has 1 aliphatic rings. The molecule has 1 unspecified atom stereocenters. The van der Waals surface area contributed by atoms with E-state index in [-0.39, 0.29) is 16.3 Å². The Bertz CT molecular complexity index is 422. The Morgan fingerprint density at radius 3 is 2.81 bits per heavy atom. The molecule has 3 heteroatoms. The molecule has 1 heterocycles. The molecule has 0 radical (unpaired) electrons. The summed E-state index contributed by atoms with van der Waals surface area (Å²) < 4.78 is 13.0. The average Bonchev–Trinajstić information content (AvgIpc) is 2.70. The van der Waals surface area contributed by atoms with Crippen molar-refractivity contribution in [2.75, 3.05) is 5.75 Å². The average molecular weight is 238 g/mol. The molecular formula is C13H15FOS. The second kappa shape index (κ2) is 4.21. The van der Waals surface area contributed by atoms with Gasteiger partial charge in [-0.2, -0.15) is 0 Å². The van der Waals surface area contributed by atoms with Crippen molar-refractivity contribution in [2.45, 2.75) is 31.4 Å². The Balaban J connectivity index is 2.30. The number of carbonyl (C=O) groups is 1. The van der Waals surface area contributed by atoms with Crippen molar-refractivity contribution >= 4 is 17.5 Å². The molecule has 0 saturated carbocycles. The number of Topliss-reactive ketones (excluding diaryl/α,β-unsaturated/α-hetero) is 1. The van der Waals surface area contributed by atoms with Crippen LogP contribution in [-0.4, -0.2) is 16.3 Å². The van der Waals surface area contributed by atoms with Gasteiger partial charge >= 0.3 is 0 Å². The normalized spacial score (nSPS) is 24.7. The Morgan fingerprint density at radius 1 is 1.50 bits per heavy atom. The van der Waals surface area contributed by atoms with Crippen molar-refractivity contribution in [2.24, 2.45) is 0 Å². The Hall–Kier alpha value is -0.830. The molecule has 0 aliphatic carbocycles. The van der Waals surface area contributed by atoms with Crippen LogP contribution in [0.1, 0.15) is 35.7 Å². The number of ketones is 1. The molecule has 0 spiro atoms. The van der Waals surface area contributed by atoms with Crippen LogP contribution in [0.4, 0.5) is 4.39 Å². The number of thioether (sulfide) groups is 1. The second-order valence-electron chi connectivity index (χ2n) is 4.48. The van der Waals surface area contributed by atoms with Gasteiger partial charge in [0.05, 0.1) is 4.75 Å². The van der Waals surface area contributed by atoms with E-state index < -0.39 is 0 Å². The lowest BCUT2D eigenvalue weighted by molar-refractivity contribution is 0.0948. The Labute approximate surface area is 99.4 Å². The molecule has 86 valence electrons. The number of hydrogen-bond donors (Lipinski definition) is 0. The summed E-state index contributed by atoms with van der Waals surface area (Å²) in [4.78, 5) is 12.2. The molecule has 1 aliphatic heterocycles. The smallest absolute Gasteiger partial charge is 0.178 e. The molecule has 0 amide bonds. The van der Waals surface area contributed by atoms with E-state index in [0.717, 1.165) is 18.6 Å². The lowest BCUT2D eigenvalue weighted by atomic mass is 9.94. The van der Waals surface area contributed by atoms with E-state index in [2.05, 4.69) is 0 Å². The minimum absolute atomic E-state index is 0.0638. The second-order valence-corrected chi connectivity index (χ2v) is 6.07. The monoisotopic (exact) mass is 238 g/mol. The molecule has 16 heavy (non-hydrogen) atoms. The van der Waals surface area contributed by atoms with Gasteiger partial charge in [0.2, 0.25) is 0 Å². The molecule has 0 N–H and O–H groups in total. The number of rotatable bonds is 2. The summed E-state index contributed by atoms with van der Waals surface area (Å²) in [5.41, 5.74) is 1.08. The van der Waals surface area contributed by atoms with Gasteiger partial charge in [-0.1, -0.05) is 12.1 Å². The first kappa shape index (κ1) is 11.6. The number of aryl methyl sites for hydroxylation is 1. The lowest BCUT2D eigenvalue weighted by Gasteiger charge is -2.20. The summed E-state index contributed by atoms with van der Waals surface area (Å²) in [5.74, 6) is 0.794. The highest BCUT2D eigenvalue weighted by Gasteiger charge is 2.37. The van der Waals surface area contributed by atoms with Crippen molar-refractivity contribution in [3.05, 3.63) is 35.1 Å². The highest BCUT2D eigenvalue weighted by molar-refractivity contribution is 8.01. The molecule has 1 fully saturated rings. The van der Waals surface area contributed by atoms with Gasteiger partial charge in [-0.3, -0.25) is 4.79 Å². The van der Waals surface area contributed by atoms with E-state index in [9.17, 15) is 9.18 Å². The Kier molecular flexibility index (Phi) is 3.06. The summed E-state index contributed by atoms with van der Waals surface area (Å²) in [5, 5.41) is 0. The fraction of sp³-hybridized carbons (Fsp3) is 0.462. The quantitative estimate of drug-likeness (QED) is 0.732. The number of halogens is 1. The van der Waals surface area contributed by atoms with E-state index >= 15 is 0 Å². The zero-order chi connectivity index (χ0) is 11.8. The summed E-state index contributed by atoms with van der Waals surface area (Å²) in [6, 6.07) is 4.76. The van der Waals surface area contributed by atoms with Crippen LogP contribution in [-0.2, 0) is 0 Å². The highest BCUT2D eigenvalue weighted by Crippen LogP contribution is 2.40. The predicted octanol–water partition coefficient (Wildman–Crippen LogP) is 3.60. The molecule has 0 aromatic heterocycles. The van der Waals surface area contributed by atoms with Gasteiger partial charge in [0.25, 0.3) is 0 Å². The van der Waals surface area contributed by atoms with E-state index in [0.29, 0.717) is 11.1 Å². The van der Waals surface area contributed by atoms with Gasteiger partial charge in [-0.25, -0.2) is 4.39 Å². The van der Waals surface area contributed by atoms with Crippen LogP contribution in [0.15, 0.2) is 18.2 Å². The first-order valence-electron chi connectivity index (χ1n) is 5.48. The minimum Gasteiger partial charge on any atom is -0.293 e. The third-order valence-corrected chi connectivity index (χ3v) is 4.65. The number of hydrogen-bond acceptors (Lipinski definition) is 2. The fourth-order valence-electron chi connectivity index (χ4n) is 2.00. The standard InChI is InChI=1S/C13H15FOS/c1-9-4-5-10(8-11(9)14)12(15)13(2)6-3-7-16-13/h4-5,8H,3,6-7H2,1-2H3. The maximum atomic E-state index is 13.4. The molecule has 1 aromatic rings. The molecule has 0 bridgehead atoms. The van der Waals surface area contributed by atoms with E-state index in [1.807, 2.05) is 6.92 Å². The zero-order valence-corrected chi connectivity index (χ0v) is 10.4. The van der Waals surface area contributed by atoms with E-state index in [4.69, 9.17) is 0 Å². The summed E-state index contributed by atoms with van der Waals surface area (Å²) >= 11 is 1.69. The first-order valence-corrected chi connectivity index (χ1v) is 6.46. The molecule has 1 saturated heterocycles. The van der Waals surface area contributed by atoms with Crippen molar-refractivity contribution in [1.29, 1.82) is 0 Å². The maximum Gasteiger partial charge on any atom is 0.178 e. The van der Waals surface area contributed by atoms with Crippen LogP contribution < -0.4 is 0 Å². The van der Waals surface area contributed by atoms with Gasteiger partial charge in [-0.15, -0.1) is 11.8 Å². The van der Waals surface area contributed by atoms with Gasteiger partial charge < -0.3 is 0 Å². The van der Waals surface area contributed by atoms with Crippen LogP contribution >= 0.6 is 11.8 Å². The van der Waals surface area contributed by atoms with E-state index in [1.165, 1.54) is 6.07 Å². The van der Waals surface area contributed by atoms with Gasteiger partial charge in [0.15, 0.2) is 5.78 Å². The van der Waals surface area contributed by atoms with Crippen molar-refractivity contribution in [3.8, 4) is 0 Å². The van der Waals surface area contributed by atoms with Crippen molar-refractivity contribution < 1.29 is 9.18 Å². The van der Waals surface area contributed by atoms with Crippen molar-refractivity contribution in [1.82, 2.24) is 0 Å². The van der Waals surface area contributed by atoms with Crippen LogP contribution in [0.5, 0.6) is 0 Å². The number of carbonyl (C=O) groups excluding carboxylic acids is 1. The first-order chi connectivity index (χ1) is 7.53. The minimum atomic E-state index is -0.346. The van der Waals surface area contributed by atoms with Gasteiger partial charge in [0, 0.05) is 5.56 Å². The fourth-order valence-corrected chi connectivity index (χ4v) is 3.27. The topological polar surface area (TPSA) is 17.1 Å². The molecular weight excluding hydrogens is 223 g/mol. The Morgan fingerprint density at radius 2 is 2.25 bits per heavy atom. The molecule has 2 rings (SSSR count). The third kappa shape index (κ3) is 2.01. The molecule has 1 aromatic carbocycles. The zero-order valence-electron chi connectivity index (χ0n) is 9.55. The number of benzene rings is 1. The molecule has 1 atom stereocenters. The van der Waals surface area contributed by atoms with Crippen LogP contribution in [0.2, 0.25) is 0 Å². The SMILES string of the molecule is Cc1ccc(C(=O)C2(C)CCCS2)cc1F. The lowest BCUT2D eigenvalue weighted by Crippen LogP contribution is -2.28. The van der Waals surface area contributed by atoms with Gasteiger partial charge in [0.1, 0.15) is 5.82 Å². The summed E-state index contributed by atoms with van der Waals surface area (Å²) in [6.45, 7) is 3.67. The largest absolute Gasteiger partial charge is 0.293 e. The van der Waals surface area contributed by atoms with Crippen LogP contribution in [0.3, 0.4) is 0 Å². The molecule has 1 nitrogen and oxygen atoms in total. The summed E-state index contributed by atoms with van der Waals surface area (Å²) in [7, 11) is 0. The predicted molar refractivity (Wildman–Crippen MR) is 65.6 cm³/mol. The van der Waals surface area contributed by atoms with E-state index in [1.54, 1.807) is 30.8 Å². The maximum absolute atomic E-state index is 13.4. The third-order valence-electron chi connectivity index (χ3n) is 3.13. The highest BCUT2D eigenvalue weighted by atomic mass is 32.2. The van der Waals surface area contributed by atoms with Gasteiger partial charge in [-0.05, 0) is 44.1 Å². The summed E-state index contributed by atoms with van der Waals surface area (Å²) in [6.07, 6.45) is 1.97. The van der Waals surface area contributed by atoms with Crippen LogP contribution in [0, 0.1) is 12.7 Å². The van der Waals surface area contributed by atoms with Crippen LogP contribution in [0.25, 0.3) is 0 Å².